The molecule has 4 heteroatoms. The van der Waals surface area contributed by atoms with Crippen LogP contribution in [0.1, 0.15) is 46.5 Å². The van der Waals surface area contributed by atoms with Crippen molar-refractivity contribution in [3.8, 4) is 0 Å². The van der Waals surface area contributed by atoms with Crippen molar-refractivity contribution in [3.05, 3.63) is 0 Å². The molecule has 0 amide bonds. The van der Waals surface area contributed by atoms with Crippen LogP contribution < -0.4 is 5.73 Å². The van der Waals surface area contributed by atoms with Gasteiger partial charge in [0.05, 0.1) is 7.11 Å². The van der Waals surface area contributed by atoms with Gasteiger partial charge in [0.15, 0.2) is 0 Å². The van der Waals surface area contributed by atoms with Crippen LogP contribution in [-0.4, -0.2) is 43.7 Å². The Balaban J connectivity index is 3.76. The highest BCUT2D eigenvalue weighted by molar-refractivity contribution is 5.79. The summed E-state index contributed by atoms with van der Waals surface area (Å²) in [7, 11) is 3.53. The molecule has 108 valence electrons. The van der Waals surface area contributed by atoms with E-state index in [2.05, 4.69) is 30.5 Å². The largest absolute Gasteiger partial charge is 0.468 e. The smallest absolute Gasteiger partial charge is 0.325 e. The Kier molecular flexibility index (Phi) is 8.20. The summed E-state index contributed by atoms with van der Waals surface area (Å²) in [6.45, 7) is 8.41. The van der Waals surface area contributed by atoms with Crippen LogP contribution in [-0.2, 0) is 9.53 Å². The summed E-state index contributed by atoms with van der Waals surface area (Å²) in [6, 6.07) is 0. The first-order valence-corrected chi connectivity index (χ1v) is 6.89. The van der Waals surface area contributed by atoms with E-state index in [0.717, 1.165) is 31.8 Å². The van der Waals surface area contributed by atoms with Crippen molar-refractivity contribution in [3.63, 3.8) is 0 Å². The zero-order valence-electron chi connectivity index (χ0n) is 12.7. The fourth-order valence-electron chi connectivity index (χ4n) is 1.96. The monoisotopic (exact) mass is 258 g/mol. The average Bonchev–Trinajstić information content (AvgIpc) is 2.33. The minimum atomic E-state index is -0.843. The number of ether oxygens (including phenoxy) is 1. The lowest BCUT2D eigenvalue weighted by Gasteiger charge is -2.23. The van der Waals surface area contributed by atoms with Crippen LogP contribution in [0.15, 0.2) is 0 Å². The van der Waals surface area contributed by atoms with Gasteiger partial charge in [-0.1, -0.05) is 20.3 Å². The van der Waals surface area contributed by atoms with Crippen LogP contribution >= 0.6 is 0 Å². The highest BCUT2D eigenvalue weighted by atomic mass is 16.5. The van der Waals surface area contributed by atoms with Gasteiger partial charge in [-0.05, 0) is 45.7 Å². The molecule has 0 saturated carbocycles. The van der Waals surface area contributed by atoms with Crippen LogP contribution in [0.25, 0.3) is 0 Å². The fraction of sp³-hybridized carbons (Fsp3) is 0.929. The predicted octanol–water partition coefficient (Wildman–Crippen LogP) is 2.02. The molecule has 2 unspecified atom stereocenters. The van der Waals surface area contributed by atoms with Crippen LogP contribution in [0, 0.1) is 5.92 Å². The number of hydrogen-bond acceptors (Lipinski definition) is 4. The molecule has 4 nitrogen and oxygen atoms in total. The molecule has 0 radical (unpaired) electrons. The Labute approximate surface area is 112 Å². The highest BCUT2D eigenvalue weighted by Crippen LogP contribution is 2.13. The molecule has 0 aromatic carbocycles. The average molecular weight is 258 g/mol. The standard InChI is InChI=1S/C14H30N2O2/c1-6-12(2)11-16(4)10-8-7-9-14(3,15)13(17)18-5/h12H,6-11,15H2,1-5H3. The Bertz CT molecular complexity index is 242. The normalized spacial score (nSPS) is 16.4. The summed E-state index contributed by atoms with van der Waals surface area (Å²) in [5.41, 5.74) is 5.06. The zero-order chi connectivity index (χ0) is 14.2. The van der Waals surface area contributed by atoms with Gasteiger partial charge >= 0.3 is 5.97 Å². The Morgan fingerprint density at radius 2 is 2.06 bits per heavy atom. The number of nitrogens with zero attached hydrogens (tertiary/aromatic N) is 1. The van der Waals surface area contributed by atoms with Gasteiger partial charge < -0.3 is 15.4 Å². The van der Waals surface area contributed by atoms with Crippen molar-refractivity contribution in [2.45, 2.75) is 52.0 Å². The quantitative estimate of drug-likeness (QED) is 0.508. The molecule has 0 spiro atoms. The number of nitrogens with two attached hydrogens (primary N) is 1. The Morgan fingerprint density at radius 1 is 1.44 bits per heavy atom. The van der Waals surface area contributed by atoms with E-state index in [4.69, 9.17) is 5.73 Å². The van der Waals surface area contributed by atoms with E-state index in [1.54, 1.807) is 6.92 Å². The summed E-state index contributed by atoms with van der Waals surface area (Å²) in [5, 5.41) is 0. The summed E-state index contributed by atoms with van der Waals surface area (Å²) in [6.07, 6.45) is 3.91. The third-order valence-electron chi connectivity index (χ3n) is 3.46. The zero-order valence-corrected chi connectivity index (χ0v) is 12.7. The van der Waals surface area contributed by atoms with E-state index in [0.29, 0.717) is 6.42 Å². The second-order valence-electron chi connectivity index (χ2n) is 5.64. The second kappa shape index (κ2) is 8.48. The van der Waals surface area contributed by atoms with Gasteiger partial charge in [-0.25, -0.2) is 0 Å². The summed E-state index contributed by atoms with van der Waals surface area (Å²) < 4.78 is 4.69. The van der Waals surface area contributed by atoms with Crippen molar-refractivity contribution in [2.75, 3.05) is 27.2 Å². The van der Waals surface area contributed by atoms with Crippen LogP contribution in [0.4, 0.5) is 0 Å². The van der Waals surface area contributed by atoms with Gasteiger partial charge in [0.1, 0.15) is 5.54 Å². The molecule has 0 aromatic rings. The third-order valence-corrected chi connectivity index (χ3v) is 3.46. The first-order valence-electron chi connectivity index (χ1n) is 6.89. The molecular formula is C14H30N2O2. The first-order chi connectivity index (χ1) is 8.33. The fourth-order valence-corrected chi connectivity index (χ4v) is 1.96. The molecule has 0 bridgehead atoms. The maximum absolute atomic E-state index is 11.4. The van der Waals surface area contributed by atoms with Crippen LogP contribution in [0.5, 0.6) is 0 Å². The third kappa shape index (κ3) is 6.97. The molecule has 0 aliphatic rings. The lowest BCUT2D eigenvalue weighted by Crippen LogP contribution is -2.45. The van der Waals surface area contributed by atoms with E-state index in [1.165, 1.54) is 13.5 Å². The van der Waals surface area contributed by atoms with E-state index in [9.17, 15) is 4.79 Å². The molecule has 2 N–H and O–H groups in total. The maximum Gasteiger partial charge on any atom is 0.325 e. The summed E-state index contributed by atoms with van der Waals surface area (Å²) in [4.78, 5) is 13.7. The molecule has 2 atom stereocenters. The molecule has 0 rings (SSSR count). The maximum atomic E-state index is 11.4. The van der Waals surface area contributed by atoms with Crippen molar-refractivity contribution in [1.29, 1.82) is 0 Å². The van der Waals surface area contributed by atoms with Gasteiger partial charge in [-0.3, -0.25) is 4.79 Å². The number of methoxy groups -OCH3 is 1. The number of carbonyl (C=O) groups is 1. The summed E-state index contributed by atoms with van der Waals surface area (Å²) in [5.74, 6) is 0.417. The molecule has 0 fully saturated rings. The lowest BCUT2D eigenvalue weighted by molar-refractivity contribution is -0.146. The minimum Gasteiger partial charge on any atom is -0.468 e. The van der Waals surface area contributed by atoms with Gasteiger partial charge in [-0.2, -0.15) is 0 Å². The number of esters is 1. The molecule has 18 heavy (non-hydrogen) atoms. The first kappa shape index (κ1) is 17.4. The van der Waals surface area contributed by atoms with E-state index >= 15 is 0 Å². The van der Waals surface area contributed by atoms with E-state index < -0.39 is 5.54 Å². The molecule has 0 aliphatic carbocycles. The molecule has 0 heterocycles. The van der Waals surface area contributed by atoms with Crippen LogP contribution in [0.3, 0.4) is 0 Å². The van der Waals surface area contributed by atoms with E-state index in [1.807, 2.05) is 0 Å². The topological polar surface area (TPSA) is 55.6 Å². The number of unbranched alkanes of at least 4 members (excludes halogenated alkanes) is 1. The Hall–Kier alpha value is -0.610. The lowest BCUT2D eigenvalue weighted by atomic mass is 9.96. The van der Waals surface area contributed by atoms with Gasteiger partial charge in [0, 0.05) is 6.54 Å². The molecule has 0 saturated heterocycles. The van der Waals surface area contributed by atoms with Crippen LogP contribution in [0.2, 0.25) is 0 Å². The summed E-state index contributed by atoms with van der Waals surface area (Å²) >= 11 is 0. The molecule has 0 aliphatic heterocycles. The van der Waals surface area contributed by atoms with Gasteiger partial charge in [0.2, 0.25) is 0 Å². The van der Waals surface area contributed by atoms with E-state index in [-0.39, 0.29) is 5.97 Å². The van der Waals surface area contributed by atoms with Gasteiger partial charge in [-0.15, -0.1) is 0 Å². The number of carbonyl (C=O) groups excluding carboxylic acids is 1. The van der Waals surface area contributed by atoms with Crippen molar-refractivity contribution >= 4 is 5.97 Å². The van der Waals surface area contributed by atoms with Crippen molar-refractivity contribution in [2.24, 2.45) is 11.7 Å². The minimum absolute atomic E-state index is 0.324. The van der Waals surface area contributed by atoms with Gasteiger partial charge in [0.25, 0.3) is 0 Å². The SMILES string of the molecule is CCC(C)CN(C)CCCCC(C)(N)C(=O)OC. The molecule has 0 aromatic heterocycles. The number of hydrogen-bond donors (Lipinski definition) is 1. The highest BCUT2D eigenvalue weighted by Gasteiger charge is 2.28. The molecular weight excluding hydrogens is 228 g/mol. The van der Waals surface area contributed by atoms with Crippen molar-refractivity contribution in [1.82, 2.24) is 4.90 Å². The predicted molar refractivity (Wildman–Crippen MR) is 75.4 cm³/mol. The second-order valence-corrected chi connectivity index (χ2v) is 5.64. The van der Waals surface area contributed by atoms with Crippen molar-refractivity contribution < 1.29 is 9.53 Å². The Morgan fingerprint density at radius 3 is 2.56 bits per heavy atom. The number of rotatable bonds is 9.